The second-order valence-corrected chi connectivity index (χ2v) is 6.50. The Balaban J connectivity index is 1.81. The number of aryl methyl sites for hydroxylation is 1. The summed E-state index contributed by atoms with van der Waals surface area (Å²) in [6.07, 6.45) is 3.41. The van der Waals surface area contributed by atoms with Crippen LogP contribution in [-0.2, 0) is 6.54 Å². The second-order valence-electron chi connectivity index (χ2n) is 6.50. The summed E-state index contributed by atoms with van der Waals surface area (Å²) in [6, 6.07) is 15.3. The van der Waals surface area contributed by atoms with Crippen molar-refractivity contribution in [1.29, 1.82) is 0 Å². The van der Waals surface area contributed by atoms with Crippen LogP contribution >= 0.6 is 0 Å². The highest BCUT2D eigenvalue weighted by molar-refractivity contribution is 6.07. The summed E-state index contributed by atoms with van der Waals surface area (Å²) >= 11 is 0. The first-order chi connectivity index (χ1) is 13.5. The molecule has 0 aliphatic heterocycles. The Morgan fingerprint density at radius 1 is 1.04 bits per heavy atom. The minimum atomic E-state index is -0.101. The molecule has 0 spiro atoms. The summed E-state index contributed by atoms with van der Waals surface area (Å²) in [5.41, 5.74) is 4.61. The van der Waals surface area contributed by atoms with E-state index < -0.39 is 0 Å². The van der Waals surface area contributed by atoms with Crippen LogP contribution < -0.4 is 9.47 Å². The van der Waals surface area contributed by atoms with Gasteiger partial charge in [-0.25, -0.2) is 0 Å². The fourth-order valence-electron chi connectivity index (χ4n) is 3.11. The van der Waals surface area contributed by atoms with Gasteiger partial charge in [0.1, 0.15) is 0 Å². The molecule has 0 aliphatic carbocycles. The number of methoxy groups -OCH3 is 2. The zero-order valence-electron chi connectivity index (χ0n) is 16.6. The lowest BCUT2D eigenvalue weighted by molar-refractivity contribution is 0.104. The third-order valence-electron chi connectivity index (χ3n) is 4.68. The largest absolute Gasteiger partial charge is 0.493 e. The first kappa shape index (κ1) is 19.4. The molecule has 0 N–H and O–H groups in total. The van der Waals surface area contributed by atoms with Gasteiger partial charge in [0.25, 0.3) is 0 Å². The van der Waals surface area contributed by atoms with E-state index in [4.69, 9.17) is 9.47 Å². The van der Waals surface area contributed by atoms with Crippen molar-refractivity contribution in [3.63, 3.8) is 0 Å². The fourth-order valence-corrected chi connectivity index (χ4v) is 3.11. The SMILES string of the molecule is COc1ccc(C(=O)C=Cc2c(C)nn(Cc3ccccc3)c2C)cc1OC. The number of benzene rings is 2. The second kappa shape index (κ2) is 8.57. The van der Waals surface area contributed by atoms with Crippen molar-refractivity contribution in [2.45, 2.75) is 20.4 Å². The molecule has 2 aromatic carbocycles. The number of ether oxygens (including phenoxy) is 2. The Labute approximate surface area is 165 Å². The summed E-state index contributed by atoms with van der Waals surface area (Å²) in [5.74, 6) is 1.03. The molecule has 1 heterocycles. The van der Waals surface area contributed by atoms with Crippen LogP contribution in [-0.4, -0.2) is 29.8 Å². The number of hydrogen-bond acceptors (Lipinski definition) is 4. The van der Waals surface area contributed by atoms with E-state index in [1.165, 1.54) is 5.56 Å². The van der Waals surface area contributed by atoms with Crippen LogP contribution in [0.3, 0.4) is 0 Å². The number of nitrogens with zero attached hydrogens (tertiary/aromatic N) is 2. The maximum atomic E-state index is 12.6. The number of carbonyl (C=O) groups excluding carboxylic acids is 1. The molecular formula is C23H24N2O3. The monoisotopic (exact) mass is 376 g/mol. The molecule has 0 radical (unpaired) electrons. The van der Waals surface area contributed by atoms with Gasteiger partial charge >= 0.3 is 0 Å². The topological polar surface area (TPSA) is 53.3 Å². The van der Waals surface area contributed by atoms with Crippen LogP contribution in [0, 0.1) is 13.8 Å². The molecule has 0 saturated carbocycles. The van der Waals surface area contributed by atoms with Crippen LogP contribution in [0.25, 0.3) is 6.08 Å². The van der Waals surface area contributed by atoms with Crippen LogP contribution in [0.4, 0.5) is 0 Å². The van der Waals surface area contributed by atoms with Gasteiger partial charge in [-0.1, -0.05) is 30.3 Å². The molecule has 1 aromatic heterocycles. The van der Waals surface area contributed by atoms with Gasteiger partial charge in [-0.2, -0.15) is 5.10 Å². The number of carbonyl (C=O) groups is 1. The van der Waals surface area contributed by atoms with Crippen molar-refractivity contribution in [2.24, 2.45) is 0 Å². The Bertz CT molecular complexity index is 1000. The number of hydrogen-bond donors (Lipinski definition) is 0. The van der Waals surface area contributed by atoms with E-state index >= 15 is 0 Å². The third kappa shape index (κ3) is 4.14. The number of allylic oxidation sites excluding steroid dienone is 1. The molecule has 0 saturated heterocycles. The van der Waals surface area contributed by atoms with Gasteiger partial charge in [0.2, 0.25) is 0 Å². The van der Waals surface area contributed by atoms with E-state index in [0.717, 1.165) is 17.0 Å². The molecule has 0 amide bonds. The molecule has 144 valence electrons. The molecule has 0 atom stereocenters. The van der Waals surface area contributed by atoms with Crippen LogP contribution in [0.15, 0.2) is 54.6 Å². The standard InChI is InChI=1S/C23H24N2O3/c1-16-20(17(2)25(24-16)15-18-8-6-5-7-9-18)11-12-21(26)19-10-13-22(27-3)23(14-19)28-4/h5-14H,15H2,1-4H3. The first-order valence-electron chi connectivity index (χ1n) is 9.06. The summed E-state index contributed by atoms with van der Waals surface area (Å²) in [6.45, 7) is 4.67. The Hall–Kier alpha value is -3.34. The maximum absolute atomic E-state index is 12.6. The number of rotatable bonds is 7. The highest BCUT2D eigenvalue weighted by Gasteiger charge is 2.12. The minimum Gasteiger partial charge on any atom is -0.493 e. The molecule has 0 unspecified atom stereocenters. The van der Waals surface area contributed by atoms with Crippen molar-refractivity contribution >= 4 is 11.9 Å². The lowest BCUT2D eigenvalue weighted by atomic mass is 10.1. The highest BCUT2D eigenvalue weighted by Crippen LogP contribution is 2.28. The molecule has 5 nitrogen and oxygen atoms in total. The van der Waals surface area contributed by atoms with Gasteiger partial charge in [0.15, 0.2) is 17.3 Å². The molecule has 0 fully saturated rings. The van der Waals surface area contributed by atoms with Crippen LogP contribution in [0.2, 0.25) is 0 Å². The average molecular weight is 376 g/mol. The number of ketones is 1. The fraction of sp³-hybridized carbons (Fsp3) is 0.217. The highest BCUT2D eigenvalue weighted by atomic mass is 16.5. The predicted molar refractivity (Wildman–Crippen MR) is 110 cm³/mol. The van der Waals surface area contributed by atoms with Gasteiger partial charge in [-0.05, 0) is 49.8 Å². The van der Waals surface area contributed by atoms with Gasteiger partial charge in [0, 0.05) is 16.8 Å². The van der Waals surface area contributed by atoms with Crippen molar-refractivity contribution in [2.75, 3.05) is 14.2 Å². The van der Waals surface area contributed by atoms with Gasteiger partial charge in [-0.15, -0.1) is 0 Å². The Morgan fingerprint density at radius 3 is 2.43 bits per heavy atom. The minimum absolute atomic E-state index is 0.101. The summed E-state index contributed by atoms with van der Waals surface area (Å²) in [4.78, 5) is 12.6. The van der Waals surface area contributed by atoms with E-state index in [1.54, 1.807) is 38.5 Å². The first-order valence-corrected chi connectivity index (χ1v) is 9.06. The molecule has 3 aromatic rings. The lowest BCUT2D eigenvalue weighted by Crippen LogP contribution is -2.03. The summed E-state index contributed by atoms with van der Waals surface area (Å²) in [7, 11) is 3.12. The molecule has 0 bridgehead atoms. The van der Waals surface area contributed by atoms with Crippen LogP contribution in [0.1, 0.15) is 32.9 Å². The average Bonchev–Trinajstić information content (AvgIpc) is 2.99. The van der Waals surface area contributed by atoms with E-state index in [9.17, 15) is 4.79 Å². The third-order valence-corrected chi connectivity index (χ3v) is 4.68. The predicted octanol–water partition coefficient (Wildman–Crippen LogP) is 4.46. The summed E-state index contributed by atoms with van der Waals surface area (Å²) in [5, 5.41) is 4.62. The van der Waals surface area contributed by atoms with Crippen molar-refractivity contribution < 1.29 is 14.3 Å². The van der Waals surface area contributed by atoms with Gasteiger partial charge < -0.3 is 9.47 Å². The molecule has 0 aliphatic rings. The zero-order chi connectivity index (χ0) is 20.1. The van der Waals surface area contributed by atoms with E-state index in [2.05, 4.69) is 17.2 Å². The molecular weight excluding hydrogens is 352 g/mol. The van der Waals surface area contributed by atoms with Crippen molar-refractivity contribution in [1.82, 2.24) is 9.78 Å². The maximum Gasteiger partial charge on any atom is 0.185 e. The zero-order valence-corrected chi connectivity index (χ0v) is 16.6. The molecule has 28 heavy (non-hydrogen) atoms. The van der Waals surface area contributed by atoms with E-state index in [-0.39, 0.29) is 5.78 Å². The normalized spacial score (nSPS) is 11.0. The van der Waals surface area contributed by atoms with Gasteiger partial charge in [0.05, 0.1) is 26.5 Å². The number of aromatic nitrogens is 2. The molecule has 5 heteroatoms. The van der Waals surface area contributed by atoms with E-state index in [1.807, 2.05) is 42.8 Å². The quantitative estimate of drug-likeness (QED) is 0.451. The Morgan fingerprint density at radius 2 is 1.75 bits per heavy atom. The van der Waals surface area contributed by atoms with Gasteiger partial charge in [-0.3, -0.25) is 9.48 Å². The van der Waals surface area contributed by atoms with E-state index in [0.29, 0.717) is 23.6 Å². The smallest absolute Gasteiger partial charge is 0.185 e. The Kier molecular flexibility index (Phi) is 5.94. The molecule has 3 rings (SSSR count). The van der Waals surface area contributed by atoms with Crippen molar-refractivity contribution in [3.8, 4) is 11.5 Å². The lowest BCUT2D eigenvalue weighted by Gasteiger charge is -2.08. The summed E-state index contributed by atoms with van der Waals surface area (Å²) < 4.78 is 12.5. The van der Waals surface area contributed by atoms with Crippen LogP contribution in [0.5, 0.6) is 11.5 Å². The van der Waals surface area contributed by atoms with Crippen molar-refractivity contribution in [3.05, 3.63) is 82.7 Å².